The zero-order chi connectivity index (χ0) is 10.6. The van der Waals surface area contributed by atoms with Crippen molar-refractivity contribution in [3.8, 4) is 11.5 Å². The highest BCUT2D eigenvalue weighted by Crippen LogP contribution is 2.29. The number of hydrogen-bond donors (Lipinski definition) is 1. The zero-order valence-electron chi connectivity index (χ0n) is 9.50. The van der Waals surface area contributed by atoms with Crippen molar-refractivity contribution in [3.05, 3.63) is 23.8 Å². The second-order valence-corrected chi connectivity index (χ2v) is 3.12. The Hall–Kier alpha value is -0.740. The quantitative estimate of drug-likeness (QED) is 0.763. The summed E-state index contributed by atoms with van der Waals surface area (Å²) in [6.07, 6.45) is 0. The minimum Gasteiger partial charge on any atom is -1.00 e. The van der Waals surface area contributed by atoms with Crippen molar-refractivity contribution in [2.45, 2.75) is 13.0 Å². The van der Waals surface area contributed by atoms with Gasteiger partial charge in [0.25, 0.3) is 0 Å². The molecule has 4 heteroatoms. The number of ether oxygens (including phenoxy) is 2. The fourth-order valence-corrected chi connectivity index (χ4v) is 1.29. The predicted octanol–water partition coefficient (Wildman–Crippen LogP) is -1.01. The number of halogens is 1. The molecule has 86 valence electrons. The van der Waals surface area contributed by atoms with E-state index in [1.54, 1.807) is 14.2 Å². The minimum atomic E-state index is 0. The first-order chi connectivity index (χ1) is 6.72. The van der Waals surface area contributed by atoms with Crippen LogP contribution >= 0.6 is 0 Å². The molecule has 0 heterocycles. The maximum absolute atomic E-state index is 5.22. The molecule has 0 aliphatic rings. The Morgan fingerprint density at radius 3 is 2.20 bits per heavy atom. The predicted molar refractivity (Wildman–Crippen MR) is 57.0 cm³/mol. The van der Waals surface area contributed by atoms with Crippen molar-refractivity contribution in [3.63, 3.8) is 0 Å². The van der Waals surface area contributed by atoms with Crippen molar-refractivity contribution < 1.29 is 26.5 Å². The van der Waals surface area contributed by atoms with Crippen LogP contribution in [0.4, 0.5) is 0 Å². The van der Waals surface area contributed by atoms with E-state index in [1.165, 1.54) is 5.56 Å². The molecule has 0 saturated carbocycles. The number of hydrogen-bond acceptors (Lipinski definition) is 3. The van der Waals surface area contributed by atoms with E-state index in [2.05, 4.69) is 12.2 Å². The van der Waals surface area contributed by atoms with Gasteiger partial charge in [-0.3, -0.25) is 0 Å². The largest absolute Gasteiger partial charge is 1.00 e. The molecule has 0 fully saturated rings. The molecule has 0 saturated heterocycles. The summed E-state index contributed by atoms with van der Waals surface area (Å²) in [5, 5.41) is 3.17. The lowest BCUT2D eigenvalue weighted by atomic mass is 10.1. The average Bonchev–Trinajstić information content (AvgIpc) is 2.26. The summed E-state index contributed by atoms with van der Waals surface area (Å²) >= 11 is 0. The minimum absolute atomic E-state index is 0. The highest BCUT2D eigenvalue weighted by atomic mass is 79.9. The summed E-state index contributed by atoms with van der Waals surface area (Å²) < 4.78 is 10.4. The van der Waals surface area contributed by atoms with E-state index in [4.69, 9.17) is 9.47 Å². The summed E-state index contributed by atoms with van der Waals surface area (Å²) in [7, 11) is 5.21. The third-order valence-corrected chi connectivity index (χ3v) is 2.34. The van der Waals surface area contributed by atoms with E-state index in [9.17, 15) is 0 Å². The van der Waals surface area contributed by atoms with Gasteiger partial charge in [-0.15, -0.1) is 0 Å². The molecule has 0 aliphatic heterocycles. The fourth-order valence-electron chi connectivity index (χ4n) is 1.29. The maximum Gasteiger partial charge on any atom is 0.161 e. The topological polar surface area (TPSA) is 30.5 Å². The van der Waals surface area contributed by atoms with Gasteiger partial charge in [-0.1, -0.05) is 6.07 Å². The molecule has 0 bridgehead atoms. The van der Waals surface area contributed by atoms with Gasteiger partial charge in [-0.25, -0.2) is 0 Å². The Labute approximate surface area is 102 Å². The highest BCUT2D eigenvalue weighted by Gasteiger charge is 2.07. The van der Waals surface area contributed by atoms with Crippen molar-refractivity contribution in [1.82, 2.24) is 5.32 Å². The van der Waals surface area contributed by atoms with E-state index in [-0.39, 0.29) is 17.0 Å². The van der Waals surface area contributed by atoms with Gasteiger partial charge >= 0.3 is 0 Å². The lowest BCUT2D eigenvalue weighted by Crippen LogP contribution is -3.00. The van der Waals surface area contributed by atoms with Crippen LogP contribution in [-0.4, -0.2) is 21.3 Å². The maximum atomic E-state index is 5.22. The van der Waals surface area contributed by atoms with Crippen molar-refractivity contribution in [2.75, 3.05) is 21.3 Å². The smallest absolute Gasteiger partial charge is 0.161 e. The van der Waals surface area contributed by atoms with E-state index in [1.807, 2.05) is 25.2 Å². The molecule has 1 atom stereocenters. The molecule has 0 spiro atoms. The Bertz CT molecular complexity index is 305. The molecule has 15 heavy (non-hydrogen) atoms. The first-order valence-electron chi connectivity index (χ1n) is 4.62. The summed E-state index contributed by atoms with van der Waals surface area (Å²) in [5.41, 5.74) is 1.19. The number of methoxy groups -OCH3 is 2. The first kappa shape index (κ1) is 14.3. The monoisotopic (exact) mass is 274 g/mol. The van der Waals surface area contributed by atoms with Crippen molar-refractivity contribution in [2.24, 2.45) is 0 Å². The van der Waals surface area contributed by atoms with Crippen LogP contribution in [0.5, 0.6) is 11.5 Å². The number of benzene rings is 1. The van der Waals surface area contributed by atoms with Crippen LogP contribution in [-0.2, 0) is 0 Å². The standard InChI is InChI=1S/C11H17NO2.BrH/c1-8(12-2)9-5-6-10(13-3)11(7-9)14-4;/h5-8,12H,1-4H3;1H/p-1. The molecule has 1 aromatic carbocycles. The van der Waals surface area contributed by atoms with Crippen LogP contribution in [0.3, 0.4) is 0 Å². The SMILES string of the molecule is CNC(C)c1ccc(OC)c(OC)c1.[Br-]. The molecule has 0 radical (unpaired) electrons. The van der Waals surface area contributed by atoms with Crippen molar-refractivity contribution in [1.29, 1.82) is 0 Å². The normalized spacial score (nSPS) is 11.5. The Morgan fingerprint density at radius 1 is 1.13 bits per heavy atom. The molecular formula is C11H17BrNO2-. The number of nitrogens with one attached hydrogen (secondary N) is 1. The molecular weight excluding hydrogens is 258 g/mol. The van der Waals surface area contributed by atoms with E-state index in [0.29, 0.717) is 6.04 Å². The second-order valence-electron chi connectivity index (χ2n) is 3.12. The van der Waals surface area contributed by atoms with E-state index in [0.717, 1.165) is 11.5 Å². The summed E-state index contributed by atoms with van der Waals surface area (Å²) in [6, 6.07) is 6.25. The van der Waals surface area contributed by atoms with Crippen LogP contribution in [0.2, 0.25) is 0 Å². The third kappa shape index (κ3) is 3.39. The second kappa shape index (κ2) is 6.69. The number of rotatable bonds is 4. The van der Waals surface area contributed by atoms with Gasteiger partial charge in [0, 0.05) is 6.04 Å². The Kier molecular flexibility index (Phi) is 6.36. The van der Waals surface area contributed by atoms with Gasteiger partial charge in [0.1, 0.15) is 0 Å². The Balaban J connectivity index is 0.00000196. The molecule has 0 aromatic heterocycles. The summed E-state index contributed by atoms with van der Waals surface area (Å²) in [4.78, 5) is 0. The van der Waals surface area contributed by atoms with Gasteiger partial charge in [-0.2, -0.15) is 0 Å². The lowest BCUT2D eigenvalue weighted by Gasteiger charge is -2.13. The van der Waals surface area contributed by atoms with Gasteiger partial charge in [-0.05, 0) is 31.7 Å². The van der Waals surface area contributed by atoms with Gasteiger partial charge < -0.3 is 31.8 Å². The van der Waals surface area contributed by atoms with Crippen LogP contribution in [0, 0.1) is 0 Å². The van der Waals surface area contributed by atoms with Crippen LogP contribution < -0.4 is 31.8 Å². The highest BCUT2D eigenvalue weighted by molar-refractivity contribution is 5.43. The fraction of sp³-hybridized carbons (Fsp3) is 0.455. The zero-order valence-corrected chi connectivity index (χ0v) is 11.1. The van der Waals surface area contributed by atoms with Crippen LogP contribution in [0.15, 0.2) is 18.2 Å². The van der Waals surface area contributed by atoms with Crippen LogP contribution in [0.25, 0.3) is 0 Å². The first-order valence-corrected chi connectivity index (χ1v) is 4.62. The molecule has 0 amide bonds. The molecule has 1 N–H and O–H groups in total. The average molecular weight is 275 g/mol. The summed E-state index contributed by atoms with van der Waals surface area (Å²) in [5.74, 6) is 1.53. The lowest BCUT2D eigenvalue weighted by molar-refractivity contribution is -0.00000358. The van der Waals surface area contributed by atoms with Gasteiger partial charge in [0.05, 0.1) is 14.2 Å². The molecule has 1 aromatic rings. The van der Waals surface area contributed by atoms with Gasteiger partial charge in [0.2, 0.25) is 0 Å². The summed E-state index contributed by atoms with van der Waals surface area (Å²) in [6.45, 7) is 2.10. The molecule has 3 nitrogen and oxygen atoms in total. The Morgan fingerprint density at radius 2 is 1.73 bits per heavy atom. The van der Waals surface area contributed by atoms with Gasteiger partial charge in [0.15, 0.2) is 11.5 Å². The molecule has 0 aliphatic carbocycles. The van der Waals surface area contributed by atoms with E-state index < -0.39 is 0 Å². The van der Waals surface area contributed by atoms with E-state index >= 15 is 0 Å². The molecule has 1 unspecified atom stereocenters. The van der Waals surface area contributed by atoms with Crippen LogP contribution in [0.1, 0.15) is 18.5 Å². The van der Waals surface area contributed by atoms with Crippen molar-refractivity contribution >= 4 is 0 Å². The third-order valence-electron chi connectivity index (χ3n) is 2.34. The molecule has 1 rings (SSSR count).